The minimum atomic E-state index is -1.53. The summed E-state index contributed by atoms with van der Waals surface area (Å²) >= 11 is 0. The molecule has 0 radical (unpaired) electrons. The summed E-state index contributed by atoms with van der Waals surface area (Å²) in [7, 11) is 0. The van der Waals surface area contributed by atoms with Crippen molar-refractivity contribution in [1.82, 2.24) is 25.8 Å². The Bertz CT molecular complexity index is 1540. The molecule has 1 fully saturated rings. The smallest absolute Gasteiger partial charge is 0.322 e. The number of imide groups is 1. The van der Waals surface area contributed by atoms with E-state index in [0.717, 1.165) is 11.1 Å². The fourth-order valence-electron chi connectivity index (χ4n) is 4.58. The predicted octanol–water partition coefficient (Wildman–Crippen LogP) is 2.63. The van der Waals surface area contributed by atoms with Crippen molar-refractivity contribution in [2.75, 3.05) is 6.54 Å². The lowest BCUT2D eigenvalue weighted by molar-refractivity contribution is -0.124. The zero-order valence-corrected chi connectivity index (χ0v) is 18.7. The lowest BCUT2D eigenvalue weighted by Crippen LogP contribution is -2.52. The summed E-state index contributed by atoms with van der Waals surface area (Å²) < 4.78 is 24.1. The molecule has 4 amide bonds. The van der Waals surface area contributed by atoms with Gasteiger partial charge in [-0.25, -0.2) is 13.8 Å². The number of benzene rings is 3. The van der Waals surface area contributed by atoms with Crippen molar-refractivity contribution in [3.05, 3.63) is 88.7 Å². The van der Waals surface area contributed by atoms with E-state index < -0.39 is 23.3 Å². The summed E-state index contributed by atoms with van der Waals surface area (Å²) in [5, 5.41) is 12.5. The van der Waals surface area contributed by atoms with Crippen molar-refractivity contribution in [3.8, 4) is 5.75 Å². The van der Waals surface area contributed by atoms with Crippen LogP contribution in [0.15, 0.2) is 65.3 Å². The number of urea groups is 1. The number of rotatable bonds is 6. The monoisotopic (exact) mass is 487 g/mol. The summed E-state index contributed by atoms with van der Waals surface area (Å²) in [5.41, 5.74) is 2.21. The second-order valence-corrected chi connectivity index (χ2v) is 8.68. The van der Waals surface area contributed by atoms with Crippen LogP contribution in [0.5, 0.6) is 5.75 Å². The normalized spacial score (nSPS) is 18.9. The van der Waals surface area contributed by atoms with Crippen LogP contribution in [0, 0.1) is 5.82 Å². The number of ether oxygens (including phenoxy) is 1. The lowest BCUT2D eigenvalue weighted by Gasteiger charge is -2.31. The van der Waals surface area contributed by atoms with E-state index in [-0.39, 0.29) is 25.6 Å². The molecule has 2 aliphatic heterocycles. The minimum absolute atomic E-state index is 0.119. The number of carbonyl (C=O) groups excluding carboxylic acids is 3. The summed E-state index contributed by atoms with van der Waals surface area (Å²) in [4.78, 5) is 39.5. The highest BCUT2D eigenvalue weighted by Crippen LogP contribution is 2.32. The molecule has 0 bridgehead atoms. The Labute approximate surface area is 203 Å². The number of nitrogens with zero attached hydrogens (tertiary/aromatic N) is 3. The number of nitrogens with one attached hydrogen (secondary N) is 2. The van der Waals surface area contributed by atoms with E-state index in [2.05, 4.69) is 20.9 Å². The zero-order chi connectivity index (χ0) is 24.9. The van der Waals surface area contributed by atoms with E-state index in [1.165, 1.54) is 29.2 Å². The van der Waals surface area contributed by atoms with Gasteiger partial charge in [0.25, 0.3) is 11.8 Å². The first kappa shape index (κ1) is 21.7. The second-order valence-electron chi connectivity index (χ2n) is 8.68. The number of amides is 4. The van der Waals surface area contributed by atoms with Crippen molar-refractivity contribution in [1.29, 1.82) is 0 Å². The number of carbonyl (C=O) groups is 3. The first-order chi connectivity index (χ1) is 17.4. The van der Waals surface area contributed by atoms with Crippen molar-refractivity contribution in [2.24, 2.45) is 0 Å². The topological polar surface area (TPSA) is 127 Å². The van der Waals surface area contributed by atoms with Crippen molar-refractivity contribution < 1.29 is 28.1 Å². The lowest BCUT2D eigenvalue weighted by atomic mass is 9.89. The molecule has 11 heteroatoms. The maximum atomic E-state index is 13.5. The number of aromatic nitrogens is 2. The fraction of sp³-hybridized carbons (Fsp3) is 0.160. The second kappa shape index (κ2) is 8.15. The SMILES string of the molecule is O=C1NC(=O)C(CN2Cc3cc(OCc4ccc5nonc5c4)ccc3C2=O)(c2ccc(F)cc2)N1. The van der Waals surface area contributed by atoms with Crippen LogP contribution in [-0.4, -0.2) is 39.6 Å². The summed E-state index contributed by atoms with van der Waals surface area (Å²) in [5.74, 6) is -0.794. The first-order valence-electron chi connectivity index (χ1n) is 11.1. The Hall–Kier alpha value is -4.80. The molecule has 180 valence electrons. The minimum Gasteiger partial charge on any atom is -0.489 e. The number of hydrogen-bond donors (Lipinski definition) is 2. The number of hydrogen-bond acceptors (Lipinski definition) is 7. The summed E-state index contributed by atoms with van der Waals surface area (Å²) in [6.45, 7) is 0.374. The van der Waals surface area contributed by atoms with Crippen molar-refractivity contribution in [2.45, 2.75) is 18.7 Å². The molecular formula is C25H18FN5O5. The average Bonchev–Trinajstić information content (AvgIpc) is 3.54. The van der Waals surface area contributed by atoms with E-state index in [4.69, 9.17) is 9.37 Å². The molecule has 36 heavy (non-hydrogen) atoms. The van der Waals surface area contributed by atoms with E-state index >= 15 is 0 Å². The van der Waals surface area contributed by atoms with Gasteiger partial charge in [0.15, 0.2) is 5.54 Å². The predicted molar refractivity (Wildman–Crippen MR) is 122 cm³/mol. The molecule has 0 aliphatic carbocycles. The Morgan fingerprint density at radius 1 is 1.00 bits per heavy atom. The Morgan fingerprint density at radius 3 is 2.58 bits per heavy atom. The Balaban J connectivity index is 1.21. The summed E-state index contributed by atoms with van der Waals surface area (Å²) in [6.07, 6.45) is 0. The van der Waals surface area contributed by atoms with Gasteiger partial charge in [-0.15, -0.1) is 0 Å². The molecule has 1 aromatic heterocycles. The largest absolute Gasteiger partial charge is 0.489 e. The van der Waals surface area contributed by atoms with Gasteiger partial charge in [-0.1, -0.05) is 18.2 Å². The molecule has 0 spiro atoms. The van der Waals surface area contributed by atoms with E-state index in [9.17, 15) is 18.8 Å². The van der Waals surface area contributed by atoms with Crippen molar-refractivity contribution in [3.63, 3.8) is 0 Å². The van der Waals surface area contributed by atoms with Gasteiger partial charge in [0.05, 0.1) is 6.54 Å². The third-order valence-electron chi connectivity index (χ3n) is 6.39. The highest BCUT2D eigenvalue weighted by molar-refractivity contribution is 6.08. The van der Waals surface area contributed by atoms with Gasteiger partial charge in [-0.05, 0) is 69.5 Å². The Kier molecular flexibility index (Phi) is 4.92. The van der Waals surface area contributed by atoms with Crippen LogP contribution in [0.2, 0.25) is 0 Å². The molecule has 0 saturated carbocycles. The molecule has 4 aromatic rings. The average molecular weight is 487 g/mol. The molecule has 2 aliphatic rings. The Morgan fingerprint density at radius 2 is 1.81 bits per heavy atom. The quantitative estimate of drug-likeness (QED) is 0.400. The number of halogens is 1. The van der Waals surface area contributed by atoms with Crippen LogP contribution in [0.1, 0.15) is 27.0 Å². The molecular weight excluding hydrogens is 469 g/mol. The van der Waals surface area contributed by atoms with Gasteiger partial charge in [0.1, 0.15) is 29.2 Å². The van der Waals surface area contributed by atoms with Crippen LogP contribution >= 0.6 is 0 Å². The van der Waals surface area contributed by atoms with Gasteiger partial charge in [0, 0.05) is 12.1 Å². The highest BCUT2D eigenvalue weighted by atomic mass is 19.1. The van der Waals surface area contributed by atoms with Gasteiger partial charge in [-0.2, -0.15) is 0 Å². The number of fused-ring (bicyclic) bond motifs is 2. The zero-order valence-electron chi connectivity index (χ0n) is 18.7. The van der Waals surface area contributed by atoms with Crippen LogP contribution in [-0.2, 0) is 23.5 Å². The van der Waals surface area contributed by atoms with Gasteiger partial charge in [-0.3, -0.25) is 14.9 Å². The molecule has 3 aromatic carbocycles. The molecule has 1 saturated heterocycles. The molecule has 2 N–H and O–H groups in total. The van der Waals surface area contributed by atoms with Gasteiger partial charge in [0.2, 0.25) is 0 Å². The molecule has 3 heterocycles. The van der Waals surface area contributed by atoms with E-state index in [1.807, 2.05) is 12.1 Å². The summed E-state index contributed by atoms with van der Waals surface area (Å²) in [6, 6.07) is 15.2. The van der Waals surface area contributed by atoms with Crippen LogP contribution in [0.3, 0.4) is 0 Å². The van der Waals surface area contributed by atoms with Gasteiger partial charge >= 0.3 is 6.03 Å². The van der Waals surface area contributed by atoms with Crippen molar-refractivity contribution >= 4 is 28.9 Å². The third-order valence-corrected chi connectivity index (χ3v) is 6.39. The van der Waals surface area contributed by atoms with E-state index in [0.29, 0.717) is 27.9 Å². The maximum absolute atomic E-state index is 13.5. The van der Waals surface area contributed by atoms with E-state index in [1.54, 1.807) is 24.3 Å². The van der Waals surface area contributed by atoms with Crippen LogP contribution in [0.25, 0.3) is 11.0 Å². The highest BCUT2D eigenvalue weighted by Gasteiger charge is 2.50. The van der Waals surface area contributed by atoms with Gasteiger partial charge < -0.3 is 15.0 Å². The fourth-order valence-corrected chi connectivity index (χ4v) is 4.58. The standard InChI is InChI=1S/C25H18FN5O5/c26-17-4-2-16(3-5-17)25(23(33)27-24(34)28-25)13-31-11-15-10-18(6-7-19(15)22(31)32)35-12-14-1-8-20-21(9-14)30-36-29-20/h1-10H,11-13H2,(H2,27,28,33,34). The first-order valence-corrected chi connectivity index (χ1v) is 11.1. The van der Waals surface area contributed by atoms with Crippen LogP contribution < -0.4 is 15.4 Å². The molecule has 10 nitrogen and oxygen atoms in total. The third kappa shape index (κ3) is 3.61. The molecule has 1 atom stereocenters. The molecule has 6 rings (SSSR count). The molecule has 1 unspecified atom stereocenters. The van der Waals surface area contributed by atoms with Crippen LogP contribution in [0.4, 0.5) is 9.18 Å². The maximum Gasteiger partial charge on any atom is 0.322 e.